The van der Waals surface area contributed by atoms with Gasteiger partial charge >= 0.3 is 71.6 Å². The molecule has 0 spiro atoms. The molecule has 24 N–H and O–H groups in total. The molecule has 0 aromatic rings. The van der Waals surface area contributed by atoms with Crippen LogP contribution in [0.2, 0.25) is 0 Å². The van der Waals surface area contributed by atoms with Crippen molar-refractivity contribution in [1.29, 1.82) is 0 Å². The summed E-state index contributed by atoms with van der Waals surface area (Å²) in [5.74, 6) is -11.5. The molecular weight excluding hydrogens is 1350 g/mol. The van der Waals surface area contributed by atoms with Gasteiger partial charge < -0.3 is 132 Å². The van der Waals surface area contributed by atoms with Gasteiger partial charge in [-0.2, -0.15) is 0 Å². The van der Waals surface area contributed by atoms with E-state index in [4.69, 9.17) is 132 Å². The zero-order chi connectivity index (χ0) is 83.4. The van der Waals surface area contributed by atoms with E-state index in [0.29, 0.717) is 0 Å². The average Bonchev–Trinajstić information content (AvgIpc) is 0.926. The highest BCUT2D eigenvalue weighted by molar-refractivity contribution is 5.87. The third kappa shape index (κ3) is 109. The third-order valence-corrected chi connectivity index (χ3v) is 8.90. The molecule has 38 heteroatoms. The number of carboxylic acid groups (broad SMARTS) is 12. The molecule has 0 fully saturated rings. The summed E-state index contributed by atoms with van der Waals surface area (Å²) in [6.07, 6.45) is 5.00. The van der Waals surface area contributed by atoms with Gasteiger partial charge in [0.2, 0.25) is 0 Å². The normalized spacial score (nSPS) is 9.06. The van der Waals surface area contributed by atoms with Crippen molar-refractivity contribution in [3.63, 3.8) is 0 Å². The Bertz CT molecular complexity index is 1960. The molecule has 0 aliphatic carbocycles. The first-order valence-electron chi connectivity index (χ1n) is 26.5. The Hall–Kier alpha value is -10.0. The second-order valence-electron chi connectivity index (χ2n) is 18.7. The smallest absolute Gasteiger partial charge is 0.330 e. The molecule has 38 nitrogen and oxygen atoms in total. The Labute approximate surface area is 577 Å². The topological polar surface area (TPSA) is 709 Å². The highest BCUT2D eigenvalue weighted by Crippen LogP contribution is 2.21. The minimum absolute atomic E-state index is 0.141. The van der Waals surface area contributed by atoms with Gasteiger partial charge in [-0.25, -0.2) is 57.5 Å². The van der Waals surface area contributed by atoms with E-state index >= 15 is 0 Å². The van der Waals surface area contributed by atoms with Crippen LogP contribution in [0.5, 0.6) is 0 Å². The van der Waals surface area contributed by atoms with Crippen molar-refractivity contribution in [3.05, 3.63) is 149 Å². The van der Waals surface area contributed by atoms with Crippen LogP contribution in [0.25, 0.3) is 0 Å². The number of carboxylic acids is 12. The van der Waals surface area contributed by atoms with E-state index in [1.54, 1.807) is 0 Å². The Morgan fingerprint density at radius 3 is 0.320 bits per heavy atom. The number of hydrogen-bond acceptors (Lipinski definition) is 26. The SMILES string of the molecule is C=C(C)C(=O)O.C=C(C)C(=O)O.C=C(C)C(=O)O.C=C(C)C(=O)O.C=C(C)C(=O)O.C=C(C)C(=O)O.C=CC(=O)O.C=CC(=O)O.C=CC(=O)O.C=CC(=O)O.C=CC(=O)O.C=CC(=O)O.OCC(CO)(CO)COCC(CO)(CO)CO.OCC(CO)(CO)COCC(CO)(CO)CO. The van der Waals surface area contributed by atoms with Crippen LogP contribution in [0.4, 0.5) is 0 Å². The number of aliphatic hydroxyl groups is 12. The van der Waals surface area contributed by atoms with E-state index < -0.39 is 173 Å². The Balaban J connectivity index is -0.0000000686. The van der Waals surface area contributed by atoms with Crippen molar-refractivity contribution in [2.75, 3.05) is 106 Å². The fourth-order valence-corrected chi connectivity index (χ4v) is 2.12. The first-order valence-corrected chi connectivity index (χ1v) is 26.5. The number of ether oxygens (including phenoxy) is 2. The zero-order valence-corrected chi connectivity index (χ0v) is 56.7. The first-order chi connectivity index (χ1) is 45.6. The van der Waals surface area contributed by atoms with Crippen LogP contribution >= 0.6 is 0 Å². The minimum Gasteiger partial charge on any atom is -0.478 e. The van der Waals surface area contributed by atoms with Crippen molar-refractivity contribution in [2.45, 2.75) is 41.5 Å². The number of aliphatic carboxylic acids is 12. The van der Waals surface area contributed by atoms with Crippen LogP contribution in [0, 0.1) is 21.7 Å². The monoisotopic (exact) mass is 1460 g/mol. The Morgan fingerprint density at radius 2 is 0.290 bits per heavy atom. The van der Waals surface area contributed by atoms with Gasteiger partial charge in [-0.1, -0.05) is 78.9 Å². The minimum atomic E-state index is -1.16. The van der Waals surface area contributed by atoms with Crippen LogP contribution in [-0.4, -0.2) is 300 Å². The molecule has 0 unspecified atom stereocenters. The fraction of sp³-hybridized carbons (Fsp3) is 0.419. The van der Waals surface area contributed by atoms with E-state index in [-0.39, 0.29) is 59.9 Å². The predicted molar refractivity (Wildman–Crippen MR) is 358 cm³/mol. The van der Waals surface area contributed by atoms with Crippen molar-refractivity contribution in [1.82, 2.24) is 0 Å². The Morgan fingerprint density at radius 1 is 0.230 bits per heavy atom. The molecule has 0 heterocycles. The summed E-state index contributed by atoms with van der Waals surface area (Å²) >= 11 is 0. The fourth-order valence-electron chi connectivity index (χ4n) is 2.12. The predicted octanol–water partition coefficient (Wildman–Crippen LogP) is -0.716. The van der Waals surface area contributed by atoms with Crippen molar-refractivity contribution >= 4 is 71.6 Å². The van der Waals surface area contributed by atoms with Crippen LogP contribution in [0.1, 0.15) is 41.5 Å². The van der Waals surface area contributed by atoms with Crippen molar-refractivity contribution in [2.24, 2.45) is 21.7 Å². The highest BCUT2D eigenvalue weighted by atomic mass is 16.5. The van der Waals surface area contributed by atoms with Crippen LogP contribution in [0.15, 0.2) is 149 Å². The molecule has 0 bridgehead atoms. The molecule has 0 aromatic carbocycles. The van der Waals surface area contributed by atoms with Crippen LogP contribution < -0.4 is 0 Å². The molecule has 0 aliphatic rings. The summed E-state index contributed by atoms with van der Waals surface area (Å²) in [6, 6.07) is 0. The van der Waals surface area contributed by atoms with Gasteiger partial charge in [-0.05, 0) is 41.5 Å². The second-order valence-corrected chi connectivity index (χ2v) is 18.7. The largest absolute Gasteiger partial charge is 0.478 e. The lowest BCUT2D eigenvalue weighted by Gasteiger charge is -2.31. The molecule has 0 aliphatic heterocycles. The van der Waals surface area contributed by atoms with Crippen molar-refractivity contribution < 1.29 is 190 Å². The lowest BCUT2D eigenvalue weighted by atomic mass is 9.91. The van der Waals surface area contributed by atoms with Gasteiger partial charge in [-0.15, -0.1) is 0 Å². The molecule has 0 aromatic heterocycles. The van der Waals surface area contributed by atoms with E-state index in [1.165, 1.54) is 41.5 Å². The number of rotatable bonds is 32. The molecule has 0 radical (unpaired) electrons. The maximum absolute atomic E-state index is 9.60. The molecule has 0 saturated heterocycles. The van der Waals surface area contributed by atoms with Crippen molar-refractivity contribution in [3.8, 4) is 0 Å². The molecular formula is C62H104O38. The molecule has 0 amide bonds. The molecule has 0 atom stereocenters. The molecule has 100 heavy (non-hydrogen) atoms. The second kappa shape index (κ2) is 81.4. The maximum Gasteiger partial charge on any atom is 0.330 e. The lowest BCUT2D eigenvalue weighted by molar-refractivity contribution is -0.133. The van der Waals surface area contributed by atoms with Gasteiger partial charge in [0.1, 0.15) is 0 Å². The van der Waals surface area contributed by atoms with Gasteiger partial charge in [-0.3, -0.25) is 0 Å². The van der Waals surface area contributed by atoms with E-state index in [2.05, 4.69) is 78.9 Å². The average molecular weight is 1460 g/mol. The van der Waals surface area contributed by atoms with E-state index in [9.17, 15) is 57.5 Å². The summed E-state index contributed by atoms with van der Waals surface area (Å²) < 4.78 is 10.3. The van der Waals surface area contributed by atoms with Gasteiger partial charge in [0.25, 0.3) is 0 Å². The molecule has 0 rings (SSSR count). The lowest BCUT2D eigenvalue weighted by Crippen LogP contribution is -2.43. The molecule has 0 saturated carbocycles. The number of carbonyl (C=O) groups is 12. The summed E-state index contributed by atoms with van der Waals surface area (Å²) in [4.78, 5) is 113. The number of hydrogen-bond donors (Lipinski definition) is 24. The summed E-state index contributed by atoms with van der Waals surface area (Å²) in [5.41, 5.74) is -3.59. The first kappa shape index (κ1) is 123. The van der Waals surface area contributed by atoms with E-state index in [1.807, 2.05) is 0 Å². The quantitative estimate of drug-likeness (QED) is 0.0370. The summed E-state index contributed by atoms with van der Waals surface area (Å²) in [7, 11) is 0. The van der Waals surface area contributed by atoms with Gasteiger partial charge in [0, 0.05) is 69.9 Å². The van der Waals surface area contributed by atoms with Crippen LogP contribution in [-0.2, 0) is 67.0 Å². The van der Waals surface area contributed by atoms with Gasteiger partial charge in [0.15, 0.2) is 0 Å². The van der Waals surface area contributed by atoms with Gasteiger partial charge in [0.05, 0.1) is 127 Å². The zero-order valence-electron chi connectivity index (χ0n) is 56.7. The summed E-state index contributed by atoms with van der Waals surface area (Å²) in [5, 5.41) is 201. The summed E-state index contributed by atoms with van der Waals surface area (Å²) in [6.45, 7) is 39.4. The molecule has 580 valence electrons. The number of aliphatic hydroxyl groups excluding tert-OH is 12. The maximum atomic E-state index is 9.60. The third-order valence-electron chi connectivity index (χ3n) is 8.90. The van der Waals surface area contributed by atoms with E-state index in [0.717, 1.165) is 36.5 Å². The van der Waals surface area contributed by atoms with Crippen LogP contribution in [0.3, 0.4) is 0 Å². The Kier molecular flexibility index (Phi) is 100. The standard InChI is InChI=1S/2C10H22O7.6C4H6O2.6C3H4O2/c2*11-1-9(2-12,3-13)7-17-8-10(4-14,5-15)6-16;6*1-3(2)4(5)6;6*1-2-3(4)5/h2*11-16H,1-8H2;6*1H2,2H3,(H,5,6);6*2H,1H2,(H,4,5). The highest BCUT2D eigenvalue weighted by Gasteiger charge is 2.34.